The van der Waals surface area contributed by atoms with Crippen molar-refractivity contribution < 1.29 is 0 Å². The third-order valence-electron chi connectivity index (χ3n) is 13.5. The molecule has 0 saturated heterocycles. The quantitative estimate of drug-likeness (QED) is 0.121. The summed E-state index contributed by atoms with van der Waals surface area (Å²) in [5.74, 6) is 0. The second-order valence-electron chi connectivity index (χ2n) is 18.4. The second-order valence-corrected chi connectivity index (χ2v) is 19.5. The van der Waals surface area contributed by atoms with Gasteiger partial charge in [-0.2, -0.15) is 0 Å². The molecule has 0 aliphatic heterocycles. The first-order chi connectivity index (χ1) is 35.5. The van der Waals surface area contributed by atoms with Gasteiger partial charge < -0.3 is 14.7 Å². The summed E-state index contributed by atoms with van der Waals surface area (Å²) < 4.78 is 2.62. The van der Waals surface area contributed by atoms with Gasteiger partial charge in [-0.25, -0.2) is 0 Å². The van der Waals surface area contributed by atoms with E-state index in [0.29, 0.717) is 0 Å². The molecule has 0 amide bonds. The molecule has 344 valence electrons. The summed E-state index contributed by atoms with van der Waals surface area (Å²) in [5.41, 5.74) is 19.0. The highest BCUT2D eigenvalue weighted by atomic mass is 32.1. The summed E-state index contributed by atoms with van der Waals surface area (Å²) in [7, 11) is 0. The van der Waals surface area contributed by atoms with Gasteiger partial charge in [-0.3, -0.25) is 0 Å². The molecule has 3 nitrogen and oxygen atoms in total. The van der Waals surface area contributed by atoms with E-state index >= 15 is 0 Å². The average Bonchev–Trinajstić information content (AvgIpc) is 3.81. The maximum absolute atomic E-state index is 2.39. The van der Waals surface area contributed by atoms with Crippen molar-refractivity contribution in [3.05, 3.63) is 284 Å². The molecule has 0 fully saturated rings. The van der Waals surface area contributed by atoms with Crippen molar-refractivity contribution in [3.63, 3.8) is 0 Å². The Hall–Kier alpha value is -8.96. The Bertz CT molecular complexity index is 3660. The lowest BCUT2D eigenvalue weighted by molar-refractivity contribution is 1.22. The van der Waals surface area contributed by atoms with E-state index in [1.54, 1.807) is 0 Å². The van der Waals surface area contributed by atoms with Crippen molar-refractivity contribution in [2.75, 3.05) is 14.7 Å². The van der Waals surface area contributed by atoms with Crippen LogP contribution >= 0.6 is 11.3 Å². The van der Waals surface area contributed by atoms with Crippen LogP contribution in [0, 0.1) is 13.8 Å². The molecule has 0 atom stereocenters. The number of para-hydroxylation sites is 3. The Morgan fingerprint density at radius 2 is 0.556 bits per heavy atom. The van der Waals surface area contributed by atoms with E-state index in [0.717, 1.165) is 51.2 Å². The first-order valence-electron chi connectivity index (χ1n) is 24.6. The number of benzene rings is 11. The largest absolute Gasteiger partial charge is 0.310 e. The summed E-state index contributed by atoms with van der Waals surface area (Å²) in [6.45, 7) is 4.30. The zero-order valence-corrected chi connectivity index (χ0v) is 41.0. The number of fused-ring (bicyclic) bond motifs is 3. The van der Waals surface area contributed by atoms with Gasteiger partial charge in [-0.15, -0.1) is 11.3 Å². The fourth-order valence-electron chi connectivity index (χ4n) is 10.0. The Balaban J connectivity index is 1.04. The molecule has 1 heterocycles. The predicted octanol–water partition coefficient (Wildman–Crippen LogP) is 20.1. The van der Waals surface area contributed by atoms with Crippen LogP contribution in [0.15, 0.2) is 273 Å². The Labute approximate surface area is 426 Å². The standard InChI is InChI=1S/C68H51N3S/c1-48-16-14-18-53(42-48)50-28-35-59(36-29-50)69(56-20-6-3-7-21-56)62-45-63(70(57-22-8-4-9-23-57)60-37-30-51(31-38-60)54-19-15-17-49(2)43-54)47-64(46-62)71(58-24-10-5-11-25-58)61-39-32-52(33-40-61)55-34-41-68-66(44-55)65-26-12-13-27-67(65)72-68/h3-47H,1-2H3. The van der Waals surface area contributed by atoms with E-state index in [9.17, 15) is 0 Å². The zero-order valence-electron chi connectivity index (χ0n) is 40.2. The molecule has 12 aromatic rings. The van der Waals surface area contributed by atoms with Gasteiger partial charge >= 0.3 is 0 Å². The van der Waals surface area contributed by atoms with Crippen LogP contribution in [0.2, 0.25) is 0 Å². The molecule has 0 bridgehead atoms. The Morgan fingerprint density at radius 3 is 0.958 bits per heavy atom. The van der Waals surface area contributed by atoms with Crippen molar-refractivity contribution in [2.45, 2.75) is 13.8 Å². The maximum atomic E-state index is 2.39. The first kappa shape index (κ1) is 44.3. The summed E-state index contributed by atoms with van der Waals surface area (Å²) in [6, 6.07) is 99.3. The van der Waals surface area contributed by atoms with Crippen molar-refractivity contribution >= 4 is 82.7 Å². The Kier molecular flexibility index (Phi) is 12.0. The number of anilines is 9. The maximum Gasteiger partial charge on any atom is 0.0503 e. The molecule has 0 aliphatic carbocycles. The van der Waals surface area contributed by atoms with Crippen LogP contribution in [0.25, 0.3) is 53.6 Å². The smallest absolute Gasteiger partial charge is 0.0503 e. The van der Waals surface area contributed by atoms with Crippen LogP contribution in [-0.2, 0) is 0 Å². The fraction of sp³-hybridized carbons (Fsp3) is 0.0294. The number of aryl methyl sites for hydroxylation is 2. The van der Waals surface area contributed by atoms with Gasteiger partial charge in [-0.05, 0) is 156 Å². The molecule has 0 N–H and O–H groups in total. The minimum atomic E-state index is 1.02. The molecule has 0 unspecified atom stereocenters. The number of rotatable bonds is 12. The molecular formula is C68H51N3S. The first-order valence-corrected chi connectivity index (χ1v) is 25.4. The van der Waals surface area contributed by atoms with Gasteiger partial charge in [-0.1, -0.05) is 175 Å². The summed E-state index contributed by atoms with van der Waals surface area (Å²) in [4.78, 5) is 7.15. The van der Waals surface area contributed by atoms with Gasteiger partial charge in [0.1, 0.15) is 0 Å². The van der Waals surface area contributed by atoms with Crippen LogP contribution in [-0.4, -0.2) is 0 Å². The molecule has 12 rings (SSSR count). The minimum Gasteiger partial charge on any atom is -0.310 e. The normalized spacial score (nSPS) is 11.2. The molecule has 11 aromatic carbocycles. The third-order valence-corrected chi connectivity index (χ3v) is 14.6. The van der Waals surface area contributed by atoms with Crippen LogP contribution in [0.3, 0.4) is 0 Å². The number of nitrogens with zero attached hydrogens (tertiary/aromatic N) is 3. The highest BCUT2D eigenvalue weighted by Crippen LogP contribution is 2.47. The van der Waals surface area contributed by atoms with Crippen LogP contribution in [0.1, 0.15) is 11.1 Å². The predicted molar refractivity (Wildman–Crippen MR) is 309 cm³/mol. The van der Waals surface area contributed by atoms with Gasteiger partial charge in [0.2, 0.25) is 0 Å². The SMILES string of the molecule is Cc1cccc(-c2ccc(N(c3ccccc3)c3cc(N(c4ccccc4)c4ccc(-c5cccc(C)c5)cc4)cc(N(c4ccccc4)c4ccc(-c5ccc6sc7ccccc7c6c5)cc4)c3)cc2)c1. The molecule has 4 heteroatoms. The van der Waals surface area contributed by atoms with Gasteiger partial charge in [0.25, 0.3) is 0 Å². The topological polar surface area (TPSA) is 9.72 Å². The zero-order chi connectivity index (χ0) is 48.4. The van der Waals surface area contributed by atoms with E-state index in [1.807, 2.05) is 11.3 Å². The summed E-state index contributed by atoms with van der Waals surface area (Å²) >= 11 is 1.85. The lowest BCUT2D eigenvalue weighted by Gasteiger charge is -2.33. The van der Waals surface area contributed by atoms with Crippen LogP contribution in [0.4, 0.5) is 51.2 Å². The van der Waals surface area contributed by atoms with Gasteiger partial charge in [0.15, 0.2) is 0 Å². The highest BCUT2D eigenvalue weighted by Gasteiger charge is 2.23. The van der Waals surface area contributed by atoms with Gasteiger partial charge in [0, 0.05) is 54.3 Å². The second kappa shape index (κ2) is 19.4. The third kappa shape index (κ3) is 8.92. The van der Waals surface area contributed by atoms with E-state index in [2.05, 4.69) is 302 Å². The van der Waals surface area contributed by atoms with Crippen molar-refractivity contribution in [1.29, 1.82) is 0 Å². The minimum absolute atomic E-state index is 1.02. The molecular weight excluding hydrogens is 891 g/mol. The molecule has 72 heavy (non-hydrogen) atoms. The lowest BCUT2D eigenvalue weighted by Crippen LogP contribution is -2.16. The summed E-state index contributed by atoms with van der Waals surface area (Å²) in [5, 5.41) is 2.61. The Morgan fingerprint density at radius 1 is 0.222 bits per heavy atom. The molecule has 0 aliphatic rings. The average molecular weight is 942 g/mol. The van der Waals surface area contributed by atoms with Crippen LogP contribution < -0.4 is 14.7 Å². The fourth-order valence-corrected chi connectivity index (χ4v) is 11.1. The number of thiophene rings is 1. The summed E-state index contributed by atoms with van der Waals surface area (Å²) in [6.07, 6.45) is 0. The number of hydrogen-bond donors (Lipinski definition) is 0. The van der Waals surface area contributed by atoms with Crippen LogP contribution in [0.5, 0.6) is 0 Å². The van der Waals surface area contributed by atoms with E-state index in [1.165, 1.54) is 64.7 Å². The van der Waals surface area contributed by atoms with Gasteiger partial charge in [0.05, 0.1) is 17.1 Å². The van der Waals surface area contributed by atoms with E-state index in [4.69, 9.17) is 0 Å². The van der Waals surface area contributed by atoms with Crippen molar-refractivity contribution in [3.8, 4) is 33.4 Å². The lowest BCUT2D eigenvalue weighted by atomic mass is 10.0. The van der Waals surface area contributed by atoms with E-state index in [-0.39, 0.29) is 0 Å². The molecule has 0 saturated carbocycles. The number of hydrogen-bond acceptors (Lipinski definition) is 4. The molecule has 0 spiro atoms. The molecule has 1 aromatic heterocycles. The monoisotopic (exact) mass is 941 g/mol. The molecule has 0 radical (unpaired) electrons. The van der Waals surface area contributed by atoms with Crippen molar-refractivity contribution in [2.24, 2.45) is 0 Å². The highest BCUT2D eigenvalue weighted by molar-refractivity contribution is 7.25. The van der Waals surface area contributed by atoms with E-state index < -0.39 is 0 Å². The van der Waals surface area contributed by atoms with Crippen molar-refractivity contribution in [1.82, 2.24) is 0 Å².